The van der Waals surface area contributed by atoms with Crippen LogP contribution in [0.15, 0.2) is 23.8 Å². The van der Waals surface area contributed by atoms with Crippen LogP contribution < -0.4 is 0 Å². The summed E-state index contributed by atoms with van der Waals surface area (Å²) >= 11 is 0. The van der Waals surface area contributed by atoms with Crippen molar-refractivity contribution in [2.75, 3.05) is 6.61 Å². The molecule has 12 heavy (non-hydrogen) atoms. The lowest BCUT2D eigenvalue weighted by atomic mass is 9.78. The molecule has 0 aromatic heterocycles. The average Bonchev–Trinajstić information content (AvgIpc) is 2.18. The van der Waals surface area contributed by atoms with Gasteiger partial charge in [0.2, 0.25) is 0 Å². The quantitative estimate of drug-likeness (QED) is 0.683. The first-order chi connectivity index (χ1) is 5.76. The second-order valence-corrected chi connectivity index (χ2v) is 3.54. The summed E-state index contributed by atoms with van der Waals surface area (Å²) in [7, 11) is 0. The SMILES string of the molecule is CCC1=CCC(CC)(CO)C=C1. The minimum Gasteiger partial charge on any atom is -0.395 e. The van der Waals surface area contributed by atoms with Crippen molar-refractivity contribution >= 4 is 0 Å². The molecule has 1 nitrogen and oxygen atoms in total. The van der Waals surface area contributed by atoms with Gasteiger partial charge in [-0.2, -0.15) is 0 Å². The molecule has 0 fully saturated rings. The Morgan fingerprint density at radius 2 is 2.25 bits per heavy atom. The fourth-order valence-corrected chi connectivity index (χ4v) is 1.51. The standard InChI is InChI=1S/C11H18O/c1-3-10-5-7-11(4-2,9-12)8-6-10/h5-7,12H,3-4,8-9H2,1-2H3. The zero-order valence-corrected chi connectivity index (χ0v) is 8.01. The van der Waals surface area contributed by atoms with Crippen molar-refractivity contribution in [3.8, 4) is 0 Å². The van der Waals surface area contributed by atoms with Crippen LogP contribution >= 0.6 is 0 Å². The molecule has 1 rings (SSSR count). The van der Waals surface area contributed by atoms with Crippen LogP contribution in [-0.2, 0) is 0 Å². The summed E-state index contributed by atoms with van der Waals surface area (Å²) in [5.41, 5.74) is 1.44. The summed E-state index contributed by atoms with van der Waals surface area (Å²) in [6.45, 7) is 4.56. The molecule has 0 aromatic carbocycles. The van der Waals surface area contributed by atoms with Gasteiger partial charge in [0.25, 0.3) is 0 Å². The molecular weight excluding hydrogens is 148 g/mol. The lowest BCUT2D eigenvalue weighted by molar-refractivity contribution is 0.165. The fraction of sp³-hybridized carbons (Fsp3) is 0.636. The average molecular weight is 166 g/mol. The largest absolute Gasteiger partial charge is 0.395 e. The molecule has 1 heteroatoms. The Bertz CT molecular complexity index is 197. The molecule has 68 valence electrons. The maximum Gasteiger partial charge on any atom is 0.0524 e. The number of rotatable bonds is 3. The number of allylic oxidation sites excluding steroid dienone is 3. The van der Waals surface area contributed by atoms with Crippen molar-refractivity contribution in [2.45, 2.75) is 33.1 Å². The van der Waals surface area contributed by atoms with Gasteiger partial charge in [-0.1, -0.05) is 37.6 Å². The van der Waals surface area contributed by atoms with Crippen molar-refractivity contribution in [1.82, 2.24) is 0 Å². The van der Waals surface area contributed by atoms with E-state index in [1.165, 1.54) is 5.57 Å². The van der Waals surface area contributed by atoms with Crippen LogP contribution in [0, 0.1) is 5.41 Å². The van der Waals surface area contributed by atoms with Crippen LogP contribution in [0.5, 0.6) is 0 Å². The van der Waals surface area contributed by atoms with Crippen molar-refractivity contribution < 1.29 is 5.11 Å². The van der Waals surface area contributed by atoms with E-state index in [1.807, 2.05) is 0 Å². The third-order valence-corrected chi connectivity index (χ3v) is 2.85. The highest BCUT2D eigenvalue weighted by Crippen LogP contribution is 2.33. The Hall–Kier alpha value is -0.560. The second kappa shape index (κ2) is 3.90. The summed E-state index contributed by atoms with van der Waals surface area (Å²) in [6.07, 6.45) is 9.70. The van der Waals surface area contributed by atoms with E-state index in [9.17, 15) is 5.11 Å². The molecule has 0 aromatic rings. The minimum atomic E-state index is 0.0403. The van der Waals surface area contributed by atoms with E-state index in [0.717, 1.165) is 19.3 Å². The maximum absolute atomic E-state index is 9.22. The van der Waals surface area contributed by atoms with Gasteiger partial charge >= 0.3 is 0 Å². The van der Waals surface area contributed by atoms with Crippen molar-refractivity contribution in [3.63, 3.8) is 0 Å². The molecule has 1 N–H and O–H groups in total. The van der Waals surface area contributed by atoms with Gasteiger partial charge in [0.15, 0.2) is 0 Å². The Kier molecular flexibility index (Phi) is 3.10. The summed E-state index contributed by atoms with van der Waals surface area (Å²) in [6, 6.07) is 0. The van der Waals surface area contributed by atoms with Crippen molar-refractivity contribution in [2.24, 2.45) is 5.41 Å². The number of aliphatic hydroxyl groups is 1. The van der Waals surface area contributed by atoms with Crippen LogP contribution in [0.3, 0.4) is 0 Å². The molecule has 0 bridgehead atoms. The molecule has 0 spiro atoms. The van der Waals surface area contributed by atoms with Gasteiger partial charge in [0, 0.05) is 5.41 Å². The Labute approximate surface area is 74.8 Å². The molecule has 0 saturated heterocycles. The first-order valence-corrected chi connectivity index (χ1v) is 4.75. The zero-order chi connectivity index (χ0) is 9.03. The molecule has 1 aliphatic rings. The maximum atomic E-state index is 9.22. The molecule has 0 saturated carbocycles. The van der Waals surface area contributed by atoms with Gasteiger partial charge in [0.05, 0.1) is 6.61 Å². The zero-order valence-electron chi connectivity index (χ0n) is 8.01. The molecule has 0 amide bonds. The predicted octanol–water partition coefficient (Wildman–Crippen LogP) is 2.67. The van der Waals surface area contributed by atoms with Crippen LogP contribution in [0.2, 0.25) is 0 Å². The monoisotopic (exact) mass is 166 g/mol. The van der Waals surface area contributed by atoms with Crippen LogP contribution in [0.1, 0.15) is 33.1 Å². The number of aliphatic hydroxyl groups excluding tert-OH is 1. The summed E-state index contributed by atoms with van der Waals surface area (Å²) in [5, 5.41) is 9.22. The van der Waals surface area contributed by atoms with E-state index >= 15 is 0 Å². The molecule has 1 atom stereocenters. The molecule has 0 heterocycles. The summed E-state index contributed by atoms with van der Waals surface area (Å²) in [5.74, 6) is 0. The number of hydrogen-bond acceptors (Lipinski definition) is 1. The highest BCUT2D eigenvalue weighted by atomic mass is 16.3. The molecular formula is C11H18O. The first-order valence-electron chi connectivity index (χ1n) is 4.75. The van der Waals surface area contributed by atoms with E-state index in [2.05, 4.69) is 32.1 Å². The topological polar surface area (TPSA) is 20.2 Å². The summed E-state index contributed by atoms with van der Waals surface area (Å²) < 4.78 is 0. The lowest BCUT2D eigenvalue weighted by Crippen LogP contribution is -2.22. The van der Waals surface area contributed by atoms with Gasteiger partial charge in [-0.05, 0) is 19.3 Å². The Balaban J connectivity index is 2.67. The van der Waals surface area contributed by atoms with Crippen molar-refractivity contribution in [3.05, 3.63) is 23.8 Å². The molecule has 0 aliphatic heterocycles. The van der Waals surface area contributed by atoms with Gasteiger partial charge < -0.3 is 5.11 Å². The molecule has 0 radical (unpaired) electrons. The van der Waals surface area contributed by atoms with Crippen molar-refractivity contribution in [1.29, 1.82) is 0 Å². The van der Waals surface area contributed by atoms with Gasteiger partial charge in [0.1, 0.15) is 0 Å². The Morgan fingerprint density at radius 3 is 2.58 bits per heavy atom. The van der Waals surface area contributed by atoms with E-state index < -0.39 is 0 Å². The highest BCUT2D eigenvalue weighted by molar-refractivity contribution is 5.26. The number of hydrogen-bond donors (Lipinski definition) is 1. The van der Waals surface area contributed by atoms with Crippen LogP contribution in [0.4, 0.5) is 0 Å². The van der Waals surface area contributed by atoms with E-state index in [1.54, 1.807) is 0 Å². The lowest BCUT2D eigenvalue weighted by Gasteiger charge is -2.28. The van der Waals surface area contributed by atoms with E-state index in [-0.39, 0.29) is 12.0 Å². The molecule has 1 unspecified atom stereocenters. The van der Waals surface area contributed by atoms with Gasteiger partial charge in [-0.3, -0.25) is 0 Å². The third-order valence-electron chi connectivity index (χ3n) is 2.85. The van der Waals surface area contributed by atoms with Crippen LogP contribution in [0.25, 0.3) is 0 Å². The Morgan fingerprint density at radius 1 is 1.50 bits per heavy atom. The second-order valence-electron chi connectivity index (χ2n) is 3.54. The van der Waals surface area contributed by atoms with E-state index in [4.69, 9.17) is 0 Å². The third kappa shape index (κ3) is 1.78. The fourth-order valence-electron chi connectivity index (χ4n) is 1.51. The minimum absolute atomic E-state index is 0.0403. The first kappa shape index (κ1) is 9.53. The highest BCUT2D eigenvalue weighted by Gasteiger charge is 2.24. The smallest absolute Gasteiger partial charge is 0.0524 e. The van der Waals surface area contributed by atoms with Gasteiger partial charge in [-0.15, -0.1) is 0 Å². The summed E-state index contributed by atoms with van der Waals surface area (Å²) in [4.78, 5) is 0. The van der Waals surface area contributed by atoms with Gasteiger partial charge in [-0.25, -0.2) is 0 Å². The molecule has 1 aliphatic carbocycles. The van der Waals surface area contributed by atoms with Crippen LogP contribution in [-0.4, -0.2) is 11.7 Å². The van der Waals surface area contributed by atoms with E-state index in [0.29, 0.717) is 0 Å². The normalized spacial score (nSPS) is 28.8. The predicted molar refractivity (Wildman–Crippen MR) is 51.9 cm³/mol.